The molecule has 0 bridgehead atoms. The highest BCUT2D eigenvalue weighted by molar-refractivity contribution is 5.89. The Labute approximate surface area is 161 Å². The predicted octanol–water partition coefficient (Wildman–Crippen LogP) is 2.76. The number of piperidine rings is 1. The van der Waals surface area contributed by atoms with Crippen molar-refractivity contribution in [3.63, 3.8) is 0 Å². The van der Waals surface area contributed by atoms with Crippen LogP contribution in [0.25, 0.3) is 0 Å². The van der Waals surface area contributed by atoms with Crippen molar-refractivity contribution in [2.45, 2.75) is 47.1 Å². The Bertz CT molecular complexity index is 676. The Morgan fingerprint density at radius 3 is 2.44 bits per heavy atom. The number of hydrogen-bond acceptors (Lipinski definition) is 4. The van der Waals surface area contributed by atoms with Crippen LogP contribution >= 0.6 is 0 Å². The lowest BCUT2D eigenvalue weighted by molar-refractivity contribution is -0.142. The minimum absolute atomic E-state index is 0.0316. The quantitative estimate of drug-likeness (QED) is 0.804. The summed E-state index contributed by atoms with van der Waals surface area (Å²) in [6.07, 6.45) is 1.63. The molecule has 6 heteroatoms. The van der Waals surface area contributed by atoms with Crippen LogP contribution in [0.4, 0.5) is 0 Å². The zero-order valence-corrected chi connectivity index (χ0v) is 16.7. The van der Waals surface area contributed by atoms with E-state index in [0.29, 0.717) is 25.3 Å². The van der Waals surface area contributed by atoms with E-state index in [-0.39, 0.29) is 23.7 Å². The van der Waals surface area contributed by atoms with Gasteiger partial charge in [-0.05, 0) is 37.5 Å². The van der Waals surface area contributed by atoms with Crippen LogP contribution < -0.4 is 5.32 Å². The second-order valence-electron chi connectivity index (χ2n) is 7.98. The normalized spacial score (nSPS) is 17.3. The molecule has 2 amide bonds. The zero-order chi connectivity index (χ0) is 20.0. The molecule has 1 aromatic rings. The molecule has 0 spiro atoms. The minimum Gasteiger partial charge on any atom is -0.462 e. The summed E-state index contributed by atoms with van der Waals surface area (Å²) in [7, 11) is 0. The fraction of sp³-hybridized carbons (Fsp3) is 0.571. The highest BCUT2D eigenvalue weighted by Gasteiger charge is 2.33. The summed E-state index contributed by atoms with van der Waals surface area (Å²) in [5, 5.41) is 2.95. The first-order valence-electron chi connectivity index (χ1n) is 9.55. The lowest BCUT2D eigenvalue weighted by Gasteiger charge is -2.35. The topological polar surface area (TPSA) is 75.7 Å². The first-order valence-corrected chi connectivity index (χ1v) is 9.55. The van der Waals surface area contributed by atoms with Crippen molar-refractivity contribution in [1.82, 2.24) is 10.2 Å². The Morgan fingerprint density at radius 2 is 1.85 bits per heavy atom. The Morgan fingerprint density at radius 1 is 1.19 bits per heavy atom. The van der Waals surface area contributed by atoms with Crippen LogP contribution in [0.15, 0.2) is 24.3 Å². The number of rotatable bonds is 5. The van der Waals surface area contributed by atoms with E-state index >= 15 is 0 Å². The molecule has 1 unspecified atom stereocenters. The van der Waals surface area contributed by atoms with Crippen LogP contribution in [0.2, 0.25) is 0 Å². The first-order chi connectivity index (χ1) is 12.7. The Balaban J connectivity index is 1.88. The van der Waals surface area contributed by atoms with Gasteiger partial charge in [0.05, 0.1) is 18.1 Å². The van der Waals surface area contributed by atoms with Gasteiger partial charge in [0, 0.05) is 25.0 Å². The van der Waals surface area contributed by atoms with E-state index in [1.165, 1.54) is 0 Å². The summed E-state index contributed by atoms with van der Waals surface area (Å²) in [6, 6.07) is 7.01. The van der Waals surface area contributed by atoms with Crippen LogP contribution in [0.1, 0.15) is 56.5 Å². The van der Waals surface area contributed by atoms with Gasteiger partial charge in [-0.15, -0.1) is 0 Å². The number of likely N-dealkylation sites (tertiary alicyclic amines) is 1. The molecule has 0 aromatic heterocycles. The molecule has 27 heavy (non-hydrogen) atoms. The number of nitrogens with one attached hydrogen (secondary N) is 1. The summed E-state index contributed by atoms with van der Waals surface area (Å²) < 4.78 is 4.96. The third kappa shape index (κ3) is 5.81. The molecule has 1 saturated heterocycles. The van der Waals surface area contributed by atoms with Crippen LogP contribution in [0.5, 0.6) is 0 Å². The predicted molar refractivity (Wildman–Crippen MR) is 103 cm³/mol. The maximum absolute atomic E-state index is 12.5. The lowest BCUT2D eigenvalue weighted by Crippen LogP contribution is -2.48. The molecule has 1 fully saturated rings. The van der Waals surface area contributed by atoms with E-state index in [0.717, 1.165) is 24.9 Å². The van der Waals surface area contributed by atoms with Crippen molar-refractivity contribution in [2.24, 2.45) is 11.3 Å². The summed E-state index contributed by atoms with van der Waals surface area (Å²) >= 11 is 0. The largest absolute Gasteiger partial charge is 0.462 e. The summed E-state index contributed by atoms with van der Waals surface area (Å²) in [4.78, 5) is 38.5. The minimum atomic E-state index is -0.432. The van der Waals surface area contributed by atoms with Gasteiger partial charge in [-0.2, -0.15) is 0 Å². The van der Waals surface area contributed by atoms with E-state index in [4.69, 9.17) is 4.74 Å². The van der Waals surface area contributed by atoms with Gasteiger partial charge in [-0.1, -0.05) is 32.9 Å². The molecule has 1 atom stereocenters. The highest BCUT2D eigenvalue weighted by atomic mass is 16.5. The fourth-order valence-corrected chi connectivity index (χ4v) is 3.16. The van der Waals surface area contributed by atoms with Crippen LogP contribution in [-0.4, -0.2) is 42.4 Å². The average Bonchev–Trinajstić information content (AvgIpc) is 2.65. The number of benzene rings is 1. The molecule has 0 saturated carbocycles. The van der Waals surface area contributed by atoms with Gasteiger partial charge in [0.25, 0.3) is 0 Å². The maximum Gasteiger partial charge on any atom is 0.338 e. The molecule has 0 aliphatic carbocycles. The van der Waals surface area contributed by atoms with E-state index in [2.05, 4.69) is 5.32 Å². The number of ether oxygens (including phenoxy) is 1. The smallest absolute Gasteiger partial charge is 0.338 e. The molecule has 2 rings (SSSR count). The maximum atomic E-state index is 12.5. The molecule has 1 aliphatic heterocycles. The number of amides is 2. The first kappa shape index (κ1) is 20.9. The van der Waals surface area contributed by atoms with E-state index < -0.39 is 5.41 Å². The van der Waals surface area contributed by atoms with Gasteiger partial charge in [-0.25, -0.2) is 4.79 Å². The summed E-state index contributed by atoms with van der Waals surface area (Å²) in [5.41, 5.74) is 0.976. The lowest BCUT2D eigenvalue weighted by atomic mass is 9.91. The molecule has 1 aromatic carbocycles. The molecular formula is C21H30N2O4. The zero-order valence-electron chi connectivity index (χ0n) is 16.7. The molecule has 6 nitrogen and oxygen atoms in total. The van der Waals surface area contributed by atoms with Gasteiger partial charge in [0.1, 0.15) is 0 Å². The second kappa shape index (κ2) is 9.02. The Hall–Kier alpha value is -2.37. The number of hydrogen-bond donors (Lipinski definition) is 1. The monoisotopic (exact) mass is 374 g/mol. The number of carbonyl (C=O) groups is 3. The molecule has 1 heterocycles. The van der Waals surface area contributed by atoms with Crippen molar-refractivity contribution in [1.29, 1.82) is 0 Å². The van der Waals surface area contributed by atoms with Crippen LogP contribution in [0, 0.1) is 11.3 Å². The van der Waals surface area contributed by atoms with Crippen molar-refractivity contribution in [3.8, 4) is 0 Å². The number of carbonyl (C=O) groups excluding carboxylic acids is 3. The van der Waals surface area contributed by atoms with Gasteiger partial charge >= 0.3 is 5.97 Å². The summed E-state index contributed by atoms with van der Waals surface area (Å²) in [6.45, 7) is 9.40. The number of esters is 1. The SMILES string of the molecule is CCOC(=O)c1ccc(CNC(=O)C2CCCN(C(=O)C(C)(C)C)C2)cc1. The van der Waals surface area contributed by atoms with Gasteiger partial charge < -0.3 is 15.0 Å². The summed E-state index contributed by atoms with van der Waals surface area (Å²) in [5.74, 6) is -0.465. The Kier molecular flexibility index (Phi) is 6.99. The molecule has 1 N–H and O–H groups in total. The number of nitrogens with zero attached hydrogens (tertiary/aromatic N) is 1. The van der Waals surface area contributed by atoms with Crippen molar-refractivity contribution >= 4 is 17.8 Å². The van der Waals surface area contributed by atoms with Gasteiger partial charge in [0.15, 0.2) is 0 Å². The van der Waals surface area contributed by atoms with Crippen molar-refractivity contribution in [3.05, 3.63) is 35.4 Å². The average molecular weight is 374 g/mol. The molecular weight excluding hydrogens is 344 g/mol. The van der Waals surface area contributed by atoms with Gasteiger partial charge in [-0.3, -0.25) is 9.59 Å². The van der Waals surface area contributed by atoms with Crippen molar-refractivity contribution in [2.75, 3.05) is 19.7 Å². The standard InChI is InChI=1S/C21H30N2O4/c1-5-27-19(25)16-10-8-15(9-11-16)13-22-18(24)17-7-6-12-23(14-17)20(26)21(2,3)4/h8-11,17H,5-7,12-14H2,1-4H3,(H,22,24). The third-order valence-electron chi connectivity index (χ3n) is 4.65. The molecule has 0 radical (unpaired) electrons. The fourth-order valence-electron chi connectivity index (χ4n) is 3.16. The van der Waals surface area contributed by atoms with Crippen LogP contribution in [0.3, 0.4) is 0 Å². The highest BCUT2D eigenvalue weighted by Crippen LogP contribution is 2.23. The molecule has 1 aliphatic rings. The van der Waals surface area contributed by atoms with Gasteiger partial charge in [0.2, 0.25) is 11.8 Å². The second-order valence-corrected chi connectivity index (χ2v) is 7.98. The third-order valence-corrected chi connectivity index (χ3v) is 4.65. The molecule has 148 valence electrons. The van der Waals surface area contributed by atoms with E-state index in [1.54, 1.807) is 19.1 Å². The van der Waals surface area contributed by atoms with Crippen LogP contribution in [-0.2, 0) is 20.9 Å². The van der Waals surface area contributed by atoms with E-state index in [1.807, 2.05) is 37.8 Å². The van der Waals surface area contributed by atoms with Crippen molar-refractivity contribution < 1.29 is 19.1 Å². The van der Waals surface area contributed by atoms with E-state index in [9.17, 15) is 14.4 Å².